The average Bonchev–Trinajstić information content (AvgIpc) is 3.00. The molecule has 3 rings (SSSR count). The standard InChI is InChI=1S/C20H20N2O4/c1-3-4-12-5-7-13(8-6-12)20(24)22-17-15-10-9-14(25-2)11-16(15)26-18(17)19(21)23/h5-11H,3-4H2,1-2H3,(H2,21,23)(H,22,24). The molecule has 0 spiro atoms. The lowest BCUT2D eigenvalue weighted by atomic mass is 10.1. The summed E-state index contributed by atoms with van der Waals surface area (Å²) in [5, 5.41) is 3.32. The van der Waals surface area contributed by atoms with Gasteiger partial charge in [0.15, 0.2) is 0 Å². The fourth-order valence-corrected chi connectivity index (χ4v) is 2.80. The Hall–Kier alpha value is -3.28. The molecule has 0 saturated heterocycles. The topological polar surface area (TPSA) is 94.6 Å². The van der Waals surface area contributed by atoms with Gasteiger partial charge in [0.05, 0.1) is 7.11 Å². The highest BCUT2D eigenvalue weighted by molar-refractivity contribution is 6.14. The summed E-state index contributed by atoms with van der Waals surface area (Å²) in [7, 11) is 1.53. The summed E-state index contributed by atoms with van der Waals surface area (Å²) >= 11 is 0. The highest BCUT2D eigenvalue weighted by Gasteiger charge is 2.21. The summed E-state index contributed by atoms with van der Waals surface area (Å²) in [6, 6.07) is 12.4. The first-order chi connectivity index (χ1) is 12.5. The lowest BCUT2D eigenvalue weighted by molar-refractivity contribution is 0.0977. The van der Waals surface area contributed by atoms with E-state index in [-0.39, 0.29) is 17.4 Å². The van der Waals surface area contributed by atoms with Crippen molar-refractivity contribution >= 4 is 28.5 Å². The number of hydrogen-bond donors (Lipinski definition) is 2. The van der Waals surface area contributed by atoms with Crippen molar-refractivity contribution in [1.29, 1.82) is 0 Å². The van der Waals surface area contributed by atoms with Crippen LogP contribution in [0.5, 0.6) is 5.75 Å². The number of furan rings is 1. The molecule has 2 aromatic carbocycles. The molecule has 0 unspecified atom stereocenters. The highest BCUT2D eigenvalue weighted by Crippen LogP contribution is 2.33. The Morgan fingerprint density at radius 2 is 1.88 bits per heavy atom. The molecule has 6 heteroatoms. The van der Waals surface area contributed by atoms with Gasteiger partial charge in [-0.25, -0.2) is 0 Å². The van der Waals surface area contributed by atoms with Crippen LogP contribution in [-0.4, -0.2) is 18.9 Å². The van der Waals surface area contributed by atoms with Crippen LogP contribution in [0.4, 0.5) is 5.69 Å². The van der Waals surface area contributed by atoms with Crippen LogP contribution in [0.3, 0.4) is 0 Å². The van der Waals surface area contributed by atoms with Gasteiger partial charge >= 0.3 is 0 Å². The molecule has 1 heterocycles. The molecule has 0 atom stereocenters. The van der Waals surface area contributed by atoms with Crippen molar-refractivity contribution in [2.45, 2.75) is 19.8 Å². The highest BCUT2D eigenvalue weighted by atomic mass is 16.5. The first kappa shape index (κ1) is 17.5. The molecule has 0 radical (unpaired) electrons. The van der Waals surface area contributed by atoms with Gasteiger partial charge in [0.1, 0.15) is 17.0 Å². The molecule has 0 aliphatic heterocycles. The van der Waals surface area contributed by atoms with E-state index in [2.05, 4.69) is 12.2 Å². The van der Waals surface area contributed by atoms with E-state index in [0.29, 0.717) is 22.3 Å². The molecule has 0 fully saturated rings. The monoisotopic (exact) mass is 352 g/mol. The number of methoxy groups -OCH3 is 1. The summed E-state index contributed by atoms with van der Waals surface area (Å²) < 4.78 is 10.7. The fourth-order valence-electron chi connectivity index (χ4n) is 2.80. The third-order valence-electron chi connectivity index (χ3n) is 4.11. The van der Waals surface area contributed by atoms with Crippen molar-refractivity contribution < 1.29 is 18.7 Å². The van der Waals surface area contributed by atoms with E-state index >= 15 is 0 Å². The van der Waals surface area contributed by atoms with Crippen molar-refractivity contribution in [2.24, 2.45) is 5.73 Å². The largest absolute Gasteiger partial charge is 0.497 e. The second-order valence-electron chi connectivity index (χ2n) is 5.93. The van der Waals surface area contributed by atoms with Crippen LogP contribution in [0, 0.1) is 0 Å². The molecule has 3 N–H and O–H groups in total. The predicted octanol–water partition coefficient (Wildman–Crippen LogP) is 3.75. The van der Waals surface area contributed by atoms with Crippen molar-refractivity contribution in [1.82, 2.24) is 0 Å². The maximum Gasteiger partial charge on any atom is 0.286 e. The molecule has 6 nitrogen and oxygen atoms in total. The smallest absolute Gasteiger partial charge is 0.286 e. The third-order valence-corrected chi connectivity index (χ3v) is 4.11. The maximum atomic E-state index is 12.6. The van der Waals surface area contributed by atoms with E-state index in [0.717, 1.165) is 12.8 Å². The lowest BCUT2D eigenvalue weighted by Crippen LogP contribution is -2.17. The number of aryl methyl sites for hydroxylation is 1. The van der Waals surface area contributed by atoms with E-state index < -0.39 is 5.91 Å². The molecule has 3 aromatic rings. The summed E-state index contributed by atoms with van der Waals surface area (Å²) in [6.45, 7) is 2.10. The second-order valence-corrected chi connectivity index (χ2v) is 5.93. The van der Waals surface area contributed by atoms with Gasteiger partial charge in [0.2, 0.25) is 5.76 Å². The summed E-state index contributed by atoms with van der Waals surface area (Å²) in [5.74, 6) is -0.612. The van der Waals surface area contributed by atoms with Crippen LogP contribution in [0.15, 0.2) is 46.9 Å². The molecule has 1 aromatic heterocycles. The number of nitrogens with one attached hydrogen (secondary N) is 1. The maximum absolute atomic E-state index is 12.6. The quantitative estimate of drug-likeness (QED) is 0.706. The van der Waals surface area contributed by atoms with Crippen molar-refractivity contribution in [3.63, 3.8) is 0 Å². The Bertz CT molecular complexity index is 958. The average molecular weight is 352 g/mol. The Labute approximate surface area is 150 Å². The number of primary amides is 1. The van der Waals surface area contributed by atoms with Gasteiger partial charge in [0.25, 0.3) is 11.8 Å². The van der Waals surface area contributed by atoms with Crippen molar-refractivity contribution in [3.05, 3.63) is 59.4 Å². The van der Waals surface area contributed by atoms with Crippen LogP contribution in [-0.2, 0) is 6.42 Å². The zero-order valence-corrected chi connectivity index (χ0v) is 14.7. The summed E-state index contributed by atoms with van der Waals surface area (Å²) in [4.78, 5) is 24.3. The van der Waals surface area contributed by atoms with Gasteiger partial charge in [0, 0.05) is 17.0 Å². The minimum atomic E-state index is -0.756. The first-order valence-corrected chi connectivity index (χ1v) is 8.34. The molecule has 0 aliphatic rings. The van der Waals surface area contributed by atoms with Gasteiger partial charge in [-0.1, -0.05) is 25.5 Å². The lowest BCUT2D eigenvalue weighted by Gasteiger charge is -2.06. The Morgan fingerprint density at radius 3 is 2.50 bits per heavy atom. The molecule has 0 aliphatic carbocycles. The molecule has 0 saturated carbocycles. The fraction of sp³-hybridized carbons (Fsp3) is 0.200. The number of rotatable bonds is 6. The number of hydrogen-bond acceptors (Lipinski definition) is 4. The number of nitrogens with two attached hydrogens (primary N) is 1. The zero-order valence-electron chi connectivity index (χ0n) is 14.7. The number of carbonyl (C=O) groups excluding carboxylic acids is 2. The Kier molecular flexibility index (Phi) is 4.93. The number of fused-ring (bicyclic) bond motifs is 1. The van der Waals surface area contributed by atoms with Crippen LogP contribution >= 0.6 is 0 Å². The van der Waals surface area contributed by atoms with Crippen molar-refractivity contribution in [2.75, 3.05) is 12.4 Å². The number of carbonyl (C=O) groups is 2. The Balaban J connectivity index is 1.95. The Morgan fingerprint density at radius 1 is 1.15 bits per heavy atom. The minimum absolute atomic E-state index is 0.0933. The molecule has 26 heavy (non-hydrogen) atoms. The number of ether oxygens (including phenoxy) is 1. The van der Waals surface area contributed by atoms with Crippen LogP contribution in [0.2, 0.25) is 0 Å². The molecule has 134 valence electrons. The molecule has 2 amide bonds. The molecule has 0 bridgehead atoms. The van der Waals surface area contributed by atoms with Gasteiger partial charge < -0.3 is 20.2 Å². The van der Waals surface area contributed by atoms with E-state index in [1.165, 1.54) is 12.7 Å². The number of amides is 2. The third kappa shape index (κ3) is 3.39. The van der Waals surface area contributed by atoms with Crippen LogP contribution in [0.25, 0.3) is 11.0 Å². The van der Waals surface area contributed by atoms with Gasteiger partial charge in [-0.15, -0.1) is 0 Å². The van der Waals surface area contributed by atoms with E-state index in [4.69, 9.17) is 14.9 Å². The first-order valence-electron chi connectivity index (χ1n) is 8.34. The number of benzene rings is 2. The zero-order chi connectivity index (χ0) is 18.7. The SMILES string of the molecule is CCCc1ccc(C(=O)Nc2c(C(N)=O)oc3cc(OC)ccc23)cc1. The second kappa shape index (κ2) is 7.31. The van der Waals surface area contributed by atoms with Crippen LogP contribution < -0.4 is 15.8 Å². The predicted molar refractivity (Wildman–Crippen MR) is 99.7 cm³/mol. The van der Waals surface area contributed by atoms with E-state index in [1.54, 1.807) is 30.3 Å². The van der Waals surface area contributed by atoms with Gasteiger partial charge in [-0.2, -0.15) is 0 Å². The normalized spacial score (nSPS) is 10.7. The van der Waals surface area contributed by atoms with Gasteiger partial charge in [-0.3, -0.25) is 9.59 Å². The molecular formula is C20H20N2O4. The van der Waals surface area contributed by atoms with Crippen molar-refractivity contribution in [3.8, 4) is 5.75 Å². The summed E-state index contributed by atoms with van der Waals surface area (Å²) in [5.41, 5.74) is 7.73. The van der Waals surface area contributed by atoms with Gasteiger partial charge in [-0.05, 0) is 36.2 Å². The minimum Gasteiger partial charge on any atom is -0.497 e. The number of anilines is 1. The van der Waals surface area contributed by atoms with E-state index in [1.807, 2.05) is 12.1 Å². The molecular weight excluding hydrogens is 332 g/mol. The van der Waals surface area contributed by atoms with Crippen LogP contribution in [0.1, 0.15) is 39.8 Å². The summed E-state index contributed by atoms with van der Waals surface area (Å²) in [6.07, 6.45) is 2.00. The van der Waals surface area contributed by atoms with E-state index in [9.17, 15) is 9.59 Å².